The van der Waals surface area contributed by atoms with Crippen molar-refractivity contribution in [2.75, 3.05) is 35.3 Å². The monoisotopic (exact) mass is 309 g/mol. The van der Waals surface area contributed by atoms with E-state index in [0.29, 0.717) is 12.2 Å². The molecule has 1 aliphatic heterocycles. The van der Waals surface area contributed by atoms with Crippen LogP contribution in [0, 0.1) is 0 Å². The van der Waals surface area contributed by atoms with Gasteiger partial charge in [0.05, 0.1) is 17.7 Å². The van der Waals surface area contributed by atoms with Crippen molar-refractivity contribution in [3.05, 3.63) is 18.6 Å². The minimum atomic E-state index is -2.92. The summed E-state index contributed by atoms with van der Waals surface area (Å²) in [4.78, 5) is 10.9. The van der Waals surface area contributed by atoms with Gasteiger partial charge < -0.3 is 14.6 Å². The molecule has 0 radical (unpaired) electrons. The van der Waals surface area contributed by atoms with Crippen molar-refractivity contribution in [1.82, 2.24) is 14.4 Å². The largest absolute Gasteiger partial charge is 0.369 e. The van der Waals surface area contributed by atoms with Crippen LogP contribution in [-0.4, -0.2) is 53.9 Å². The summed E-state index contributed by atoms with van der Waals surface area (Å²) in [6.45, 7) is 2.78. The second-order valence-electron chi connectivity index (χ2n) is 5.31. The van der Waals surface area contributed by atoms with Crippen molar-refractivity contribution in [3.63, 3.8) is 0 Å². The van der Waals surface area contributed by atoms with E-state index in [1.165, 1.54) is 0 Å². The molecule has 3 heterocycles. The van der Waals surface area contributed by atoms with Crippen LogP contribution in [0.15, 0.2) is 18.6 Å². The van der Waals surface area contributed by atoms with Crippen molar-refractivity contribution in [3.8, 4) is 0 Å². The highest BCUT2D eigenvalue weighted by molar-refractivity contribution is 7.91. The molecule has 0 spiro atoms. The lowest BCUT2D eigenvalue weighted by molar-refractivity contribution is 0.600. The molecule has 7 nitrogen and oxygen atoms in total. The summed E-state index contributed by atoms with van der Waals surface area (Å²) in [6, 6.07) is -0.0418. The average Bonchev–Trinajstić information content (AvgIpc) is 3.03. The van der Waals surface area contributed by atoms with E-state index in [2.05, 4.69) is 15.3 Å². The number of hydrogen-bond acceptors (Lipinski definition) is 6. The van der Waals surface area contributed by atoms with Crippen LogP contribution < -0.4 is 10.2 Å². The minimum Gasteiger partial charge on any atom is -0.369 e. The van der Waals surface area contributed by atoms with Crippen LogP contribution in [0.25, 0.3) is 5.65 Å². The Morgan fingerprint density at radius 2 is 2.33 bits per heavy atom. The molecular weight excluding hydrogens is 290 g/mol. The standard InChI is InChI=1S/C13H19N5O2S/c1-3-14-11-8-18-6-5-15-12(18)13(16-11)17(2)10-4-7-21(19,20)9-10/h5-6,8,10,14H,3-4,7,9H2,1-2H3. The lowest BCUT2D eigenvalue weighted by atomic mass is 10.2. The highest BCUT2D eigenvalue weighted by atomic mass is 32.2. The van der Waals surface area contributed by atoms with Gasteiger partial charge in [-0.3, -0.25) is 0 Å². The number of nitrogens with one attached hydrogen (secondary N) is 1. The molecular formula is C13H19N5O2S. The second kappa shape index (κ2) is 5.18. The third kappa shape index (κ3) is 2.67. The van der Waals surface area contributed by atoms with E-state index in [1.54, 1.807) is 6.20 Å². The average molecular weight is 309 g/mol. The van der Waals surface area contributed by atoms with Gasteiger partial charge in [-0.2, -0.15) is 0 Å². The molecule has 114 valence electrons. The highest BCUT2D eigenvalue weighted by Crippen LogP contribution is 2.25. The predicted octanol–water partition coefficient (Wildman–Crippen LogP) is 0.784. The Bertz CT molecular complexity index is 755. The van der Waals surface area contributed by atoms with Gasteiger partial charge in [0.25, 0.3) is 0 Å². The first-order chi connectivity index (χ1) is 10.00. The molecule has 1 atom stereocenters. The molecule has 1 saturated heterocycles. The fraction of sp³-hybridized carbons (Fsp3) is 0.538. The van der Waals surface area contributed by atoms with E-state index in [4.69, 9.17) is 0 Å². The first-order valence-corrected chi connectivity index (χ1v) is 8.83. The van der Waals surface area contributed by atoms with Crippen molar-refractivity contribution in [2.45, 2.75) is 19.4 Å². The summed E-state index contributed by atoms with van der Waals surface area (Å²) >= 11 is 0. The Morgan fingerprint density at radius 1 is 1.52 bits per heavy atom. The maximum atomic E-state index is 11.7. The van der Waals surface area contributed by atoms with Gasteiger partial charge in [0.15, 0.2) is 21.3 Å². The summed E-state index contributed by atoms with van der Waals surface area (Å²) in [6.07, 6.45) is 6.10. The molecule has 0 saturated carbocycles. The van der Waals surface area contributed by atoms with Gasteiger partial charge in [0.1, 0.15) is 5.82 Å². The number of nitrogens with zero attached hydrogens (tertiary/aromatic N) is 4. The molecule has 8 heteroatoms. The summed E-state index contributed by atoms with van der Waals surface area (Å²) in [5.41, 5.74) is 0.739. The molecule has 1 unspecified atom stereocenters. The van der Waals surface area contributed by atoms with E-state index in [-0.39, 0.29) is 17.5 Å². The van der Waals surface area contributed by atoms with Gasteiger partial charge in [-0.15, -0.1) is 0 Å². The summed E-state index contributed by atoms with van der Waals surface area (Å²) in [5.74, 6) is 1.90. The summed E-state index contributed by atoms with van der Waals surface area (Å²) in [5, 5.41) is 3.19. The Labute approximate surface area is 123 Å². The molecule has 0 aromatic carbocycles. The van der Waals surface area contributed by atoms with Gasteiger partial charge in [-0.1, -0.05) is 0 Å². The third-order valence-electron chi connectivity index (χ3n) is 3.80. The van der Waals surface area contributed by atoms with E-state index in [1.807, 2.05) is 35.7 Å². The first-order valence-electron chi connectivity index (χ1n) is 7.01. The molecule has 3 rings (SSSR count). The van der Waals surface area contributed by atoms with Crippen LogP contribution in [0.3, 0.4) is 0 Å². The van der Waals surface area contributed by atoms with E-state index >= 15 is 0 Å². The van der Waals surface area contributed by atoms with Crippen LogP contribution in [-0.2, 0) is 9.84 Å². The molecule has 0 bridgehead atoms. The van der Waals surface area contributed by atoms with Crippen LogP contribution in [0.5, 0.6) is 0 Å². The fourth-order valence-corrected chi connectivity index (χ4v) is 4.45. The molecule has 21 heavy (non-hydrogen) atoms. The zero-order chi connectivity index (χ0) is 15.0. The van der Waals surface area contributed by atoms with E-state index in [9.17, 15) is 8.42 Å². The van der Waals surface area contributed by atoms with E-state index < -0.39 is 9.84 Å². The van der Waals surface area contributed by atoms with Crippen molar-refractivity contribution in [2.24, 2.45) is 0 Å². The normalized spacial score (nSPS) is 20.8. The maximum absolute atomic E-state index is 11.7. The summed E-state index contributed by atoms with van der Waals surface area (Å²) in [7, 11) is -1.03. The van der Waals surface area contributed by atoms with Gasteiger partial charge in [-0.05, 0) is 13.3 Å². The molecule has 0 amide bonds. The Morgan fingerprint density at radius 3 is 3.00 bits per heavy atom. The molecule has 1 aliphatic rings. The maximum Gasteiger partial charge on any atom is 0.180 e. The van der Waals surface area contributed by atoms with Crippen molar-refractivity contribution in [1.29, 1.82) is 0 Å². The number of hydrogen-bond donors (Lipinski definition) is 1. The van der Waals surface area contributed by atoms with Gasteiger partial charge in [0, 0.05) is 32.0 Å². The number of sulfone groups is 1. The topological polar surface area (TPSA) is 79.6 Å². The first kappa shape index (κ1) is 14.1. The van der Waals surface area contributed by atoms with Crippen molar-refractivity contribution < 1.29 is 8.42 Å². The van der Waals surface area contributed by atoms with Crippen LogP contribution in [0.1, 0.15) is 13.3 Å². The number of anilines is 2. The van der Waals surface area contributed by atoms with Crippen LogP contribution in [0.4, 0.5) is 11.6 Å². The van der Waals surface area contributed by atoms with Crippen LogP contribution in [0.2, 0.25) is 0 Å². The zero-order valence-electron chi connectivity index (χ0n) is 12.2. The quantitative estimate of drug-likeness (QED) is 0.899. The van der Waals surface area contributed by atoms with Crippen molar-refractivity contribution >= 4 is 27.1 Å². The number of rotatable bonds is 4. The van der Waals surface area contributed by atoms with Crippen LogP contribution >= 0.6 is 0 Å². The van der Waals surface area contributed by atoms with Gasteiger partial charge >= 0.3 is 0 Å². The zero-order valence-corrected chi connectivity index (χ0v) is 13.0. The molecule has 1 N–H and O–H groups in total. The number of imidazole rings is 1. The number of fused-ring (bicyclic) bond motifs is 1. The molecule has 2 aromatic heterocycles. The van der Waals surface area contributed by atoms with E-state index in [0.717, 1.165) is 18.0 Å². The Kier molecular flexibility index (Phi) is 3.48. The molecule has 0 aliphatic carbocycles. The lowest BCUT2D eigenvalue weighted by Crippen LogP contribution is -2.33. The minimum absolute atomic E-state index is 0.0418. The predicted molar refractivity (Wildman–Crippen MR) is 82.6 cm³/mol. The smallest absolute Gasteiger partial charge is 0.180 e. The highest BCUT2D eigenvalue weighted by Gasteiger charge is 2.32. The third-order valence-corrected chi connectivity index (χ3v) is 5.55. The van der Waals surface area contributed by atoms with Gasteiger partial charge in [0.2, 0.25) is 0 Å². The lowest BCUT2D eigenvalue weighted by Gasteiger charge is -2.25. The summed E-state index contributed by atoms with van der Waals surface area (Å²) < 4.78 is 25.3. The Hall–Kier alpha value is -1.83. The number of aromatic nitrogens is 3. The fourth-order valence-electron chi connectivity index (χ4n) is 2.67. The molecule has 2 aromatic rings. The SMILES string of the molecule is CCNc1cn2ccnc2c(N(C)C2CCS(=O)(=O)C2)n1. The second-order valence-corrected chi connectivity index (χ2v) is 7.53. The van der Waals surface area contributed by atoms with Gasteiger partial charge in [-0.25, -0.2) is 18.4 Å². The Balaban J connectivity index is 2.00. The molecule has 1 fully saturated rings.